The molecule has 1 aromatic carbocycles. The Morgan fingerprint density at radius 3 is 2.78 bits per heavy atom. The van der Waals surface area contributed by atoms with Crippen LogP contribution in [0, 0.1) is 0 Å². The fourth-order valence-electron chi connectivity index (χ4n) is 2.71. The minimum absolute atomic E-state index is 0.102. The third-order valence-electron chi connectivity index (χ3n) is 3.92. The van der Waals surface area contributed by atoms with Crippen molar-refractivity contribution in [2.75, 3.05) is 38.7 Å². The van der Waals surface area contributed by atoms with Crippen LogP contribution < -0.4 is 10.3 Å². The second-order valence-electron chi connectivity index (χ2n) is 5.99. The lowest BCUT2D eigenvalue weighted by Crippen LogP contribution is -2.41. The summed E-state index contributed by atoms with van der Waals surface area (Å²) in [6, 6.07) is 6.44. The minimum Gasteiger partial charge on any atom is -0.440 e. The highest BCUT2D eigenvalue weighted by molar-refractivity contribution is 5.97. The van der Waals surface area contributed by atoms with E-state index in [0.717, 1.165) is 0 Å². The molecule has 0 bridgehead atoms. The van der Waals surface area contributed by atoms with Crippen LogP contribution in [0.15, 0.2) is 33.5 Å². The van der Waals surface area contributed by atoms with Gasteiger partial charge in [0.05, 0.1) is 18.1 Å². The summed E-state index contributed by atoms with van der Waals surface area (Å²) in [7, 11) is 3.36. The smallest absolute Gasteiger partial charge is 0.253 e. The molecular weight excluding hydrogens is 296 g/mol. The zero-order valence-electron chi connectivity index (χ0n) is 13.5. The molecule has 122 valence electrons. The van der Waals surface area contributed by atoms with E-state index in [-0.39, 0.29) is 17.4 Å². The molecule has 23 heavy (non-hydrogen) atoms. The van der Waals surface area contributed by atoms with Gasteiger partial charge in [-0.15, -0.1) is 0 Å². The first-order valence-electron chi connectivity index (χ1n) is 7.62. The summed E-state index contributed by atoms with van der Waals surface area (Å²) in [6.45, 7) is 3.98. The average molecular weight is 316 g/mol. The van der Waals surface area contributed by atoms with E-state index in [0.29, 0.717) is 42.1 Å². The maximum atomic E-state index is 12.4. The van der Waals surface area contributed by atoms with Gasteiger partial charge in [-0.05, 0) is 25.1 Å². The summed E-state index contributed by atoms with van der Waals surface area (Å²) in [6.07, 6.45) is 0.102. The maximum absolute atomic E-state index is 12.4. The molecule has 0 unspecified atom stereocenters. The Hall–Kier alpha value is -2.34. The number of benzene rings is 1. The van der Waals surface area contributed by atoms with E-state index in [1.807, 2.05) is 11.8 Å². The van der Waals surface area contributed by atoms with E-state index in [1.165, 1.54) is 11.0 Å². The molecule has 1 aromatic heterocycles. The van der Waals surface area contributed by atoms with Gasteiger partial charge in [-0.3, -0.25) is 9.59 Å². The fourth-order valence-corrected chi connectivity index (χ4v) is 2.71. The van der Waals surface area contributed by atoms with Crippen molar-refractivity contribution in [3.8, 4) is 0 Å². The summed E-state index contributed by atoms with van der Waals surface area (Å²) in [5.74, 6) is 0.404. The number of morpholine rings is 1. The monoisotopic (exact) mass is 316 g/mol. The molecule has 1 aliphatic rings. The first kappa shape index (κ1) is 15.6. The largest absolute Gasteiger partial charge is 0.440 e. The molecule has 6 nitrogen and oxygen atoms in total. The second kappa shape index (κ2) is 6.04. The molecular formula is C17H20N2O4. The zero-order valence-corrected chi connectivity index (χ0v) is 13.5. The van der Waals surface area contributed by atoms with Crippen LogP contribution in [0.3, 0.4) is 0 Å². The molecule has 1 atom stereocenters. The van der Waals surface area contributed by atoms with Gasteiger partial charge in [0.1, 0.15) is 5.58 Å². The van der Waals surface area contributed by atoms with Crippen molar-refractivity contribution in [1.82, 2.24) is 4.90 Å². The van der Waals surface area contributed by atoms with Crippen molar-refractivity contribution in [3.05, 3.63) is 40.1 Å². The molecule has 3 rings (SSSR count). The van der Waals surface area contributed by atoms with Crippen molar-refractivity contribution in [2.24, 2.45) is 0 Å². The predicted molar refractivity (Wildman–Crippen MR) is 88.1 cm³/mol. The van der Waals surface area contributed by atoms with E-state index >= 15 is 0 Å². The van der Waals surface area contributed by atoms with Crippen LogP contribution in [0.4, 0.5) is 5.88 Å². The number of rotatable bonds is 2. The average Bonchev–Trinajstić information content (AvgIpc) is 2.53. The number of amides is 1. The number of anilines is 1. The van der Waals surface area contributed by atoms with Gasteiger partial charge < -0.3 is 19.0 Å². The number of carbonyl (C=O) groups is 1. The van der Waals surface area contributed by atoms with E-state index in [4.69, 9.17) is 9.15 Å². The summed E-state index contributed by atoms with van der Waals surface area (Å²) in [5, 5.41) is 0.419. The van der Waals surface area contributed by atoms with Crippen molar-refractivity contribution in [3.63, 3.8) is 0 Å². The van der Waals surface area contributed by atoms with Crippen LogP contribution in [0.2, 0.25) is 0 Å². The third-order valence-corrected chi connectivity index (χ3v) is 3.92. The Bertz CT molecular complexity index is 797. The fraction of sp³-hybridized carbons (Fsp3) is 0.412. The zero-order chi connectivity index (χ0) is 16.6. The molecule has 0 aliphatic carbocycles. The van der Waals surface area contributed by atoms with Crippen molar-refractivity contribution < 1.29 is 13.9 Å². The number of fused-ring (bicyclic) bond motifs is 1. The number of hydrogen-bond donors (Lipinski definition) is 0. The van der Waals surface area contributed by atoms with Crippen LogP contribution in [0.25, 0.3) is 11.0 Å². The van der Waals surface area contributed by atoms with Crippen LogP contribution in [0.5, 0.6) is 0 Å². The lowest BCUT2D eigenvalue weighted by molar-refractivity contribution is 0.0517. The summed E-state index contributed by atoms with van der Waals surface area (Å²) in [5.41, 5.74) is 0.818. The highest BCUT2D eigenvalue weighted by Gasteiger charge is 2.20. The molecule has 2 aromatic rings. The Morgan fingerprint density at radius 2 is 2.09 bits per heavy atom. The molecule has 1 aliphatic heterocycles. The first-order valence-corrected chi connectivity index (χ1v) is 7.62. The predicted octanol–water partition coefficient (Wildman–Crippen LogP) is 1.72. The first-order chi connectivity index (χ1) is 11.0. The second-order valence-corrected chi connectivity index (χ2v) is 5.99. The van der Waals surface area contributed by atoms with Crippen LogP contribution in [0.1, 0.15) is 17.3 Å². The SMILES string of the molecule is C[C@@H]1CN(c2cc(=O)c3cc(C(=O)N(C)C)ccc3o2)CCO1. The van der Waals surface area contributed by atoms with Crippen LogP contribution >= 0.6 is 0 Å². The van der Waals surface area contributed by atoms with Crippen LogP contribution in [-0.2, 0) is 4.74 Å². The molecule has 1 fully saturated rings. The van der Waals surface area contributed by atoms with Crippen molar-refractivity contribution in [2.45, 2.75) is 13.0 Å². The van der Waals surface area contributed by atoms with Crippen molar-refractivity contribution in [1.29, 1.82) is 0 Å². The Balaban J connectivity index is 2.01. The molecule has 2 heterocycles. The molecule has 6 heteroatoms. The van der Waals surface area contributed by atoms with Gasteiger partial charge in [-0.25, -0.2) is 0 Å². The van der Waals surface area contributed by atoms with E-state index in [1.54, 1.807) is 32.3 Å². The Kier molecular flexibility index (Phi) is 4.09. The molecule has 1 saturated heterocycles. The number of hydrogen-bond acceptors (Lipinski definition) is 5. The van der Waals surface area contributed by atoms with Gasteiger partial charge >= 0.3 is 0 Å². The van der Waals surface area contributed by atoms with Gasteiger partial charge in [0.2, 0.25) is 0 Å². The van der Waals surface area contributed by atoms with E-state index in [9.17, 15) is 9.59 Å². The minimum atomic E-state index is -0.145. The van der Waals surface area contributed by atoms with Gasteiger partial charge in [0, 0.05) is 38.8 Å². The number of carbonyl (C=O) groups excluding carboxylic acids is 1. The van der Waals surface area contributed by atoms with Crippen molar-refractivity contribution >= 4 is 22.8 Å². The molecule has 0 N–H and O–H groups in total. The Labute approximate surface area is 134 Å². The van der Waals surface area contributed by atoms with Gasteiger partial charge in [0.15, 0.2) is 11.3 Å². The third kappa shape index (κ3) is 3.07. The maximum Gasteiger partial charge on any atom is 0.253 e. The summed E-state index contributed by atoms with van der Waals surface area (Å²) in [4.78, 5) is 27.9. The highest BCUT2D eigenvalue weighted by Crippen LogP contribution is 2.22. The summed E-state index contributed by atoms with van der Waals surface area (Å²) >= 11 is 0. The lowest BCUT2D eigenvalue weighted by atomic mass is 10.1. The molecule has 1 amide bonds. The molecule has 0 saturated carbocycles. The summed E-state index contributed by atoms with van der Waals surface area (Å²) < 4.78 is 11.4. The Morgan fingerprint density at radius 1 is 1.30 bits per heavy atom. The van der Waals surface area contributed by atoms with Gasteiger partial charge in [-0.2, -0.15) is 0 Å². The van der Waals surface area contributed by atoms with E-state index < -0.39 is 0 Å². The quantitative estimate of drug-likeness (QED) is 0.844. The number of nitrogens with zero attached hydrogens (tertiary/aromatic N) is 2. The highest BCUT2D eigenvalue weighted by atomic mass is 16.5. The molecule has 0 spiro atoms. The standard InChI is InChI=1S/C17H20N2O4/c1-11-10-19(6-7-22-11)16-9-14(20)13-8-12(17(21)18(2)3)4-5-15(13)23-16/h4-5,8-9,11H,6-7,10H2,1-3H3/t11-/m1/s1. The molecule has 0 radical (unpaired) electrons. The van der Waals surface area contributed by atoms with E-state index in [2.05, 4.69) is 0 Å². The van der Waals surface area contributed by atoms with Crippen LogP contribution in [-0.4, -0.2) is 50.7 Å². The van der Waals surface area contributed by atoms with Gasteiger partial charge in [-0.1, -0.05) is 0 Å². The van der Waals surface area contributed by atoms with Gasteiger partial charge in [0.25, 0.3) is 5.91 Å². The lowest BCUT2D eigenvalue weighted by Gasteiger charge is -2.31. The topological polar surface area (TPSA) is 63.0 Å². The number of ether oxygens (including phenoxy) is 1. The normalized spacial score (nSPS) is 18.2.